The maximum Gasteiger partial charge on any atom is 0.195 e. The zero-order chi connectivity index (χ0) is 11.4. The predicted molar refractivity (Wildman–Crippen MR) is 64.4 cm³/mol. The lowest BCUT2D eigenvalue weighted by molar-refractivity contribution is 0.356. The molecule has 1 aromatic rings. The van der Waals surface area contributed by atoms with Gasteiger partial charge in [-0.2, -0.15) is 0 Å². The van der Waals surface area contributed by atoms with Crippen LogP contribution in [0.25, 0.3) is 0 Å². The zero-order valence-corrected chi connectivity index (χ0v) is 10.3. The Morgan fingerprint density at radius 2 is 2.38 bits per heavy atom. The fraction of sp³-hybridized carbons (Fsp3) is 0.769. The van der Waals surface area contributed by atoms with E-state index in [-0.39, 0.29) is 0 Å². The number of rotatable bonds is 4. The lowest BCUT2D eigenvalue weighted by atomic mass is 10.0. The van der Waals surface area contributed by atoms with E-state index in [2.05, 4.69) is 24.1 Å². The van der Waals surface area contributed by atoms with Gasteiger partial charge in [-0.3, -0.25) is 0 Å². The maximum absolute atomic E-state index is 5.75. The molecular formula is C13H22N2O. The van der Waals surface area contributed by atoms with Crippen LogP contribution in [0.4, 0.5) is 0 Å². The van der Waals surface area contributed by atoms with E-state index in [1.807, 2.05) is 6.20 Å². The second kappa shape index (κ2) is 5.48. The molecule has 1 aliphatic heterocycles. The van der Waals surface area contributed by atoms with E-state index >= 15 is 0 Å². The molecule has 90 valence electrons. The Morgan fingerprint density at radius 3 is 3.06 bits per heavy atom. The van der Waals surface area contributed by atoms with Gasteiger partial charge in [0, 0.05) is 18.9 Å². The van der Waals surface area contributed by atoms with E-state index in [1.54, 1.807) is 0 Å². The highest BCUT2D eigenvalue weighted by Gasteiger charge is 2.16. The van der Waals surface area contributed by atoms with Gasteiger partial charge >= 0.3 is 0 Å². The van der Waals surface area contributed by atoms with Crippen molar-refractivity contribution < 1.29 is 4.42 Å². The molecule has 1 N–H and O–H groups in total. The fourth-order valence-electron chi connectivity index (χ4n) is 2.25. The van der Waals surface area contributed by atoms with Crippen LogP contribution in [0.5, 0.6) is 0 Å². The maximum atomic E-state index is 5.75. The summed E-state index contributed by atoms with van der Waals surface area (Å²) in [6.07, 6.45) is 7.71. The molecule has 1 aliphatic rings. The van der Waals surface area contributed by atoms with E-state index in [1.165, 1.54) is 19.3 Å². The van der Waals surface area contributed by atoms with Gasteiger partial charge in [-0.1, -0.05) is 20.3 Å². The van der Waals surface area contributed by atoms with E-state index in [4.69, 9.17) is 4.42 Å². The van der Waals surface area contributed by atoms with Crippen LogP contribution in [0, 0.1) is 5.92 Å². The largest absolute Gasteiger partial charge is 0.446 e. The molecule has 0 saturated carbocycles. The topological polar surface area (TPSA) is 38.1 Å². The number of aromatic nitrogens is 1. The third-order valence-electron chi connectivity index (χ3n) is 3.04. The molecule has 1 fully saturated rings. The molecule has 1 saturated heterocycles. The smallest absolute Gasteiger partial charge is 0.195 e. The average Bonchev–Trinajstić information content (AvgIpc) is 2.66. The summed E-state index contributed by atoms with van der Waals surface area (Å²) < 4.78 is 5.75. The van der Waals surface area contributed by atoms with E-state index < -0.39 is 0 Å². The van der Waals surface area contributed by atoms with Crippen LogP contribution >= 0.6 is 0 Å². The molecule has 0 spiro atoms. The Bertz CT molecular complexity index is 313. The molecular weight excluding hydrogens is 200 g/mol. The highest BCUT2D eigenvalue weighted by atomic mass is 16.4. The molecule has 1 aromatic heterocycles. The van der Waals surface area contributed by atoms with Gasteiger partial charge < -0.3 is 9.73 Å². The number of hydrogen-bond donors (Lipinski definition) is 1. The first kappa shape index (κ1) is 11.6. The van der Waals surface area contributed by atoms with Gasteiger partial charge in [-0.15, -0.1) is 0 Å². The number of nitrogens with one attached hydrogen (secondary N) is 1. The minimum absolute atomic E-state index is 0.569. The third-order valence-corrected chi connectivity index (χ3v) is 3.04. The van der Waals surface area contributed by atoms with Gasteiger partial charge in [0.25, 0.3) is 0 Å². The lowest BCUT2D eigenvalue weighted by Crippen LogP contribution is -2.35. The first-order valence-electron chi connectivity index (χ1n) is 6.41. The molecule has 16 heavy (non-hydrogen) atoms. The first-order chi connectivity index (χ1) is 7.74. The van der Waals surface area contributed by atoms with Crippen molar-refractivity contribution in [1.82, 2.24) is 10.3 Å². The van der Waals surface area contributed by atoms with Crippen molar-refractivity contribution in [2.75, 3.05) is 6.54 Å². The van der Waals surface area contributed by atoms with Gasteiger partial charge in [-0.25, -0.2) is 4.98 Å². The van der Waals surface area contributed by atoms with Crippen LogP contribution < -0.4 is 5.32 Å². The summed E-state index contributed by atoms with van der Waals surface area (Å²) in [4.78, 5) is 4.36. The van der Waals surface area contributed by atoms with Crippen molar-refractivity contribution in [3.63, 3.8) is 0 Å². The summed E-state index contributed by atoms with van der Waals surface area (Å²) in [7, 11) is 0. The molecule has 0 bridgehead atoms. The van der Waals surface area contributed by atoms with E-state index in [0.717, 1.165) is 31.0 Å². The van der Waals surface area contributed by atoms with Crippen molar-refractivity contribution in [2.24, 2.45) is 5.92 Å². The SMILES string of the molecule is CC(C)Cc1cnc(CC2CCCCN2)o1. The lowest BCUT2D eigenvalue weighted by Gasteiger charge is -2.21. The summed E-state index contributed by atoms with van der Waals surface area (Å²) >= 11 is 0. The fourth-order valence-corrected chi connectivity index (χ4v) is 2.25. The molecule has 3 nitrogen and oxygen atoms in total. The molecule has 0 aromatic carbocycles. The summed E-state index contributed by atoms with van der Waals surface area (Å²) in [5, 5.41) is 3.52. The number of oxazole rings is 1. The third kappa shape index (κ3) is 3.34. The quantitative estimate of drug-likeness (QED) is 0.850. The molecule has 2 heterocycles. The van der Waals surface area contributed by atoms with Crippen molar-refractivity contribution in [2.45, 2.75) is 52.0 Å². The first-order valence-corrected chi connectivity index (χ1v) is 6.41. The molecule has 0 aliphatic carbocycles. The van der Waals surface area contributed by atoms with Crippen molar-refractivity contribution in [3.05, 3.63) is 17.8 Å². The Balaban J connectivity index is 1.86. The van der Waals surface area contributed by atoms with Crippen LogP contribution in [-0.4, -0.2) is 17.6 Å². The summed E-state index contributed by atoms with van der Waals surface area (Å²) in [6, 6.07) is 0.569. The Hall–Kier alpha value is -0.830. The highest BCUT2D eigenvalue weighted by Crippen LogP contribution is 2.14. The van der Waals surface area contributed by atoms with Crippen molar-refractivity contribution in [1.29, 1.82) is 0 Å². The van der Waals surface area contributed by atoms with Crippen molar-refractivity contribution >= 4 is 0 Å². The van der Waals surface area contributed by atoms with Gasteiger partial charge in [-0.05, 0) is 25.3 Å². The van der Waals surface area contributed by atoms with Crippen molar-refractivity contribution in [3.8, 4) is 0 Å². The molecule has 0 radical (unpaired) electrons. The Kier molecular flexibility index (Phi) is 3.99. The Labute approximate surface area is 97.6 Å². The molecule has 1 atom stereocenters. The minimum atomic E-state index is 0.569. The van der Waals surface area contributed by atoms with Crippen LogP contribution in [0.3, 0.4) is 0 Å². The standard InChI is InChI=1S/C13H22N2O/c1-10(2)7-12-9-15-13(16-12)8-11-5-3-4-6-14-11/h9-11,14H,3-8H2,1-2H3. The van der Waals surface area contributed by atoms with Crippen LogP contribution in [0.15, 0.2) is 10.6 Å². The summed E-state index contributed by atoms with van der Waals surface area (Å²) in [5.74, 6) is 2.56. The van der Waals surface area contributed by atoms with Crippen LogP contribution in [0.2, 0.25) is 0 Å². The average molecular weight is 222 g/mol. The Morgan fingerprint density at radius 1 is 1.50 bits per heavy atom. The second-order valence-electron chi connectivity index (χ2n) is 5.17. The monoisotopic (exact) mass is 222 g/mol. The number of hydrogen-bond acceptors (Lipinski definition) is 3. The van der Waals surface area contributed by atoms with Crippen LogP contribution in [-0.2, 0) is 12.8 Å². The van der Waals surface area contributed by atoms with Gasteiger partial charge in [0.15, 0.2) is 5.89 Å². The minimum Gasteiger partial charge on any atom is -0.446 e. The van der Waals surface area contributed by atoms with Crippen LogP contribution in [0.1, 0.15) is 44.8 Å². The summed E-state index contributed by atoms with van der Waals surface area (Å²) in [6.45, 7) is 5.54. The predicted octanol–water partition coefficient (Wildman–Crippen LogP) is 2.56. The second-order valence-corrected chi connectivity index (χ2v) is 5.17. The van der Waals surface area contributed by atoms with E-state index in [9.17, 15) is 0 Å². The molecule has 1 unspecified atom stereocenters. The molecule has 2 rings (SSSR count). The zero-order valence-electron chi connectivity index (χ0n) is 10.3. The number of nitrogens with zero attached hydrogens (tertiary/aromatic N) is 1. The van der Waals surface area contributed by atoms with Gasteiger partial charge in [0.2, 0.25) is 0 Å². The van der Waals surface area contributed by atoms with Gasteiger partial charge in [0.05, 0.1) is 6.20 Å². The van der Waals surface area contributed by atoms with E-state index in [0.29, 0.717) is 12.0 Å². The highest BCUT2D eigenvalue weighted by molar-refractivity contribution is 4.97. The molecule has 0 amide bonds. The normalized spacial score (nSPS) is 21.6. The number of piperidine rings is 1. The summed E-state index contributed by atoms with van der Waals surface area (Å²) in [5.41, 5.74) is 0. The van der Waals surface area contributed by atoms with Gasteiger partial charge in [0.1, 0.15) is 5.76 Å². The molecule has 3 heteroatoms.